The maximum atomic E-state index is 13.6. The summed E-state index contributed by atoms with van der Waals surface area (Å²) in [6.07, 6.45) is 1.97. The molecule has 2 N–H and O–H groups in total. The maximum absolute atomic E-state index is 13.6. The number of carbonyl (C=O) groups is 2. The first kappa shape index (κ1) is 19.9. The zero-order valence-corrected chi connectivity index (χ0v) is 16.9. The van der Waals surface area contributed by atoms with Gasteiger partial charge in [-0.2, -0.15) is 0 Å². The Balaban J connectivity index is 1.78. The third-order valence-electron chi connectivity index (χ3n) is 5.58. The SMILES string of the molecule is COc1ccccc1NC(=O)C1=C(C)NC2=C(C(=O)CCC2)[C@H]1c1ccc(F)cc1. The first-order valence-electron chi connectivity index (χ1n) is 9.93. The number of carbonyl (C=O) groups excluding carboxylic acids is 2. The summed E-state index contributed by atoms with van der Waals surface area (Å²) in [5.41, 5.74) is 3.84. The molecule has 1 heterocycles. The first-order valence-corrected chi connectivity index (χ1v) is 9.93. The van der Waals surface area contributed by atoms with Gasteiger partial charge in [-0.15, -0.1) is 0 Å². The Morgan fingerprint density at radius 2 is 1.87 bits per heavy atom. The third-order valence-corrected chi connectivity index (χ3v) is 5.58. The van der Waals surface area contributed by atoms with E-state index in [4.69, 9.17) is 4.74 Å². The Kier molecular flexibility index (Phi) is 5.40. The molecule has 1 aliphatic carbocycles. The molecule has 5 nitrogen and oxygen atoms in total. The molecule has 0 bridgehead atoms. The minimum Gasteiger partial charge on any atom is -0.495 e. The molecule has 2 aliphatic rings. The molecule has 0 saturated heterocycles. The summed E-state index contributed by atoms with van der Waals surface area (Å²) in [6, 6.07) is 13.1. The van der Waals surface area contributed by atoms with Gasteiger partial charge in [0, 0.05) is 34.9 Å². The molecule has 1 amide bonds. The highest BCUT2D eigenvalue weighted by Crippen LogP contribution is 2.42. The first-order chi connectivity index (χ1) is 14.5. The summed E-state index contributed by atoms with van der Waals surface area (Å²) < 4.78 is 18.9. The number of para-hydroxylation sites is 2. The summed E-state index contributed by atoms with van der Waals surface area (Å²) in [7, 11) is 1.54. The van der Waals surface area contributed by atoms with Crippen molar-refractivity contribution in [2.75, 3.05) is 12.4 Å². The Morgan fingerprint density at radius 3 is 2.60 bits per heavy atom. The van der Waals surface area contributed by atoms with E-state index in [1.165, 1.54) is 19.2 Å². The number of amides is 1. The van der Waals surface area contributed by atoms with Crippen molar-refractivity contribution in [3.63, 3.8) is 0 Å². The molecule has 6 heteroatoms. The van der Waals surface area contributed by atoms with Crippen molar-refractivity contribution in [2.45, 2.75) is 32.1 Å². The van der Waals surface area contributed by atoms with Crippen LogP contribution >= 0.6 is 0 Å². The number of halogens is 1. The van der Waals surface area contributed by atoms with Crippen LogP contribution in [-0.2, 0) is 9.59 Å². The van der Waals surface area contributed by atoms with Crippen LogP contribution in [-0.4, -0.2) is 18.8 Å². The van der Waals surface area contributed by atoms with E-state index in [0.717, 1.165) is 18.5 Å². The topological polar surface area (TPSA) is 67.4 Å². The van der Waals surface area contributed by atoms with Crippen molar-refractivity contribution in [2.24, 2.45) is 0 Å². The Hall–Kier alpha value is -3.41. The number of Topliss-reactive ketones (excluding diaryl/α,β-unsaturated/α-hetero) is 1. The summed E-state index contributed by atoms with van der Waals surface area (Å²) in [5, 5.41) is 6.19. The van der Waals surface area contributed by atoms with Crippen LogP contribution in [0.4, 0.5) is 10.1 Å². The molecule has 0 unspecified atom stereocenters. The second kappa shape index (κ2) is 8.14. The summed E-state index contributed by atoms with van der Waals surface area (Å²) in [4.78, 5) is 26.3. The highest BCUT2D eigenvalue weighted by atomic mass is 19.1. The maximum Gasteiger partial charge on any atom is 0.254 e. The van der Waals surface area contributed by atoms with Gasteiger partial charge in [-0.1, -0.05) is 24.3 Å². The number of ketones is 1. The van der Waals surface area contributed by atoms with Crippen molar-refractivity contribution in [1.29, 1.82) is 0 Å². The lowest BCUT2D eigenvalue weighted by Gasteiger charge is -2.34. The number of hydrogen-bond acceptors (Lipinski definition) is 4. The van der Waals surface area contributed by atoms with Gasteiger partial charge in [0.2, 0.25) is 0 Å². The van der Waals surface area contributed by atoms with E-state index < -0.39 is 5.92 Å². The van der Waals surface area contributed by atoms with Crippen molar-refractivity contribution in [3.8, 4) is 5.75 Å². The molecule has 2 aromatic rings. The molecule has 0 saturated carbocycles. The van der Waals surface area contributed by atoms with E-state index in [1.807, 2.05) is 13.0 Å². The van der Waals surface area contributed by atoms with Crippen LogP contribution in [0.15, 0.2) is 71.1 Å². The molecular formula is C24H23FN2O3. The van der Waals surface area contributed by atoms with Gasteiger partial charge in [-0.3, -0.25) is 9.59 Å². The number of hydrogen-bond donors (Lipinski definition) is 2. The number of dihydropyridines is 1. The predicted octanol–water partition coefficient (Wildman–Crippen LogP) is 4.44. The van der Waals surface area contributed by atoms with E-state index in [-0.39, 0.29) is 17.5 Å². The summed E-state index contributed by atoms with van der Waals surface area (Å²) in [6.45, 7) is 1.83. The van der Waals surface area contributed by atoms with E-state index in [1.54, 1.807) is 30.3 Å². The molecule has 30 heavy (non-hydrogen) atoms. The Bertz CT molecular complexity index is 1070. The highest BCUT2D eigenvalue weighted by Gasteiger charge is 2.38. The van der Waals surface area contributed by atoms with Gasteiger partial charge >= 0.3 is 0 Å². The monoisotopic (exact) mass is 406 g/mol. The van der Waals surface area contributed by atoms with Crippen LogP contribution in [0.25, 0.3) is 0 Å². The van der Waals surface area contributed by atoms with Gasteiger partial charge < -0.3 is 15.4 Å². The van der Waals surface area contributed by atoms with Crippen molar-refractivity contribution >= 4 is 17.4 Å². The summed E-state index contributed by atoms with van der Waals surface area (Å²) >= 11 is 0. The standard InChI is InChI=1S/C24H23FN2O3/c1-14-21(24(29)27-17-6-3-4-9-20(17)30-2)22(15-10-12-16(25)13-11-15)23-18(26-14)7-5-8-19(23)28/h3-4,6,9-13,22,26H,5,7-8H2,1-2H3,(H,27,29)/t22-/m0/s1. The van der Waals surface area contributed by atoms with Gasteiger partial charge in [-0.05, 0) is 49.6 Å². The summed E-state index contributed by atoms with van der Waals surface area (Å²) in [5.74, 6) is -0.682. The van der Waals surface area contributed by atoms with Crippen molar-refractivity contribution in [3.05, 3.63) is 82.5 Å². The van der Waals surface area contributed by atoms with Crippen LogP contribution in [0, 0.1) is 5.82 Å². The number of allylic oxidation sites excluding steroid dienone is 3. The number of nitrogens with one attached hydrogen (secondary N) is 2. The van der Waals surface area contributed by atoms with Gasteiger partial charge in [0.1, 0.15) is 11.6 Å². The molecule has 4 rings (SSSR count). The molecule has 0 radical (unpaired) electrons. The van der Waals surface area contributed by atoms with Gasteiger partial charge in [0.15, 0.2) is 5.78 Å². The number of anilines is 1. The Morgan fingerprint density at radius 1 is 1.13 bits per heavy atom. The van der Waals surface area contributed by atoms with E-state index in [0.29, 0.717) is 40.3 Å². The number of rotatable bonds is 4. The number of methoxy groups -OCH3 is 1. The largest absolute Gasteiger partial charge is 0.495 e. The van der Waals surface area contributed by atoms with Crippen LogP contribution in [0.2, 0.25) is 0 Å². The average Bonchev–Trinajstić information content (AvgIpc) is 2.74. The van der Waals surface area contributed by atoms with Gasteiger partial charge in [-0.25, -0.2) is 4.39 Å². The van der Waals surface area contributed by atoms with Gasteiger partial charge in [0.05, 0.1) is 12.8 Å². The quantitative estimate of drug-likeness (QED) is 0.788. The lowest BCUT2D eigenvalue weighted by molar-refractivity contribution is -0.116. The zero-order valence-electron chi connectivity index (χ0n) is 16.9. The molecule has 154 valence electrons. The highest BCUT2D eigenvalue weighted by molar-refractivity contribution is 6.10. The van der Waals surface area contributed by atoms with E-state index >= 15 is 0 Å². The van der Waals surface area contributed by atoms with Crippen LogP contribution in [0.3, 0.4) is 0 Å². The molecule has 0 fully saturated rings. The Labute approximate surface area is 174 Å². The predicted molar refractivity (Wildman–Crippen MR) is 112 cm³/mol. The van der Waals surface area contributed by atoms with Crippen LogP contribution < -0.4 is 15.4 Å². The fourth-order valence-corrected chi connectivity index (χ4v) is 4.21. The van der Waals surface area contributed by atoms with Crippen LogP contribution in [0.5, 0.6) is 5.75 Å². The fourth-order valence-electron chi connectivity index (χ4n) is 4.21. The van der Waals surface area contributed by atoms with Crippen molar-refractivity contribution < 1.29 is 18.7 Å². The lowest BCUT2D eigenvalue weighted by atomic mass is 9.75. The third kappa shape index (κ3) is 3.61. The minimum atomic E-state index is -0.552. The lowest BCUT2D eigenvalue weighted by Crippen LogP contribution is -2.35. The van der Waals surface area contributed by atoms with E-state index in [2.05, 4.69) is 10.6 Å². The number of ether oxygens (including phenoxy) is 1. The molecule has 1 aliphatic heterocycles. The zero-order chi connectivity index (χ0) is 21.3. The van der Waals surface area contributed by atoms with Crippen LogP contribution in [0.1, 0.15) is 37.7 Å². The van der Waals surface area contributed by atoms with Crippen molar-refractivity contribution in [1.82, 2.24) is 5.32 Å². The molecule has 1 atom stereocenters. The average molecular weight is 406 g/mol. The molecule has 0 aromatic heterocycles. The smallest absolute Gasteiger partial charge is 0.254 e. The minimum absolute atomic E-state index is 0.0215. The van der Waals surface area contributed by atoms with Gasteiger partial charge in [0.25, 0.3) is 5.91 Å². The second-order valence-corrected chi connectivity index (χ2v) is 7.47. The molecular weight excluding hydrogens is 383 g/mol. The number of benzene rings is 2. The van der Waals surface area contributed by atoms with E-state index in [9.17, 15) is 14.0 Å². The second-order valence-electron chi connectivity index (χ2n) is 7.47. The normalized spacial score (nSPS) is 18.6. The fraction of sp³-hybridized carbons (Fsp3) is 0.250. The molecule has 2 aromatic carbocycles. The molecule has 0 spiro atoms.